The fraction of sp³-hybridized carbons (Fsp3) is 0.500. The number of anilines is 2. The predicted octanol–water partition coefficient (Wildman–Crippen LogP) is 2.54. The molecule has 0 aromatic heterocycles. The van der Waals surface area contributed by atoms with E-state index in [1.54, 1.807) is 13.0 Å². The molecule has 0 aliphatic heterocycles. The molecule has 0 aliphatic carbocycles. The number of esters is 1. The first-order valence-electron chi connectivity index (χ1n) is 6.24. The van der Waals surface area contributed by atoms with Gasteiger partial charge in [0.1, 0.15) is 0 Å². The minimum atomic E-state index is -0.366. The van der Waals surface area contributed by atoms with E-state index < -0.39 is 0 Å². The van der Waals surface area contributed by atoms with Crippen LogP contribution in [-0.2, 0) is 4.74 Å². The molecule has 18 heavy (non-hydrogen) atoms. The third-order valence-electron chi connectivity index (χ3n) is 2.63. The Morgan fingerprint density at radius 3 is 2.67 bits per heavy atom. The molecule has 4 heteroatoms. The van der Waals surface area contributed by atoms with Gasteiger partial charge < -0.3 is 15.4 Å². The van der Waals surface area contributed by atoms with E-state index in [0.29, 0.717) is 23.8 Å². The molecular weight excluding hydrogens is 228 g/mol. The molecule has 0 atom stereocenters. The van der Waals surface area contributed by atoms with Crippen molar-refractivity contribution in [1.29, 1.82) is 0 Å². The molecule has 0 fully saturated rings. The van der Waals surface area contributed by atoms with Gasteiger partial charge in [-0.05, 0) is 25.0 Å². The van der Waals surface area contributed by atoms with Crippen molar-refractivity contribution in [2.45, 2.75) is 20.8 Å². The Kier molecular flexibility index (Phi) is 5.01. The maximum Gasteiger partial charge on any atom is 0.340 e. The lowest BCUT2D eigenvalue weighted by molar-refractivity contribution is 0.0527. The van der Waals surface area contributed by atoms with E-state index in [0.717, 1.165) is 12.2 Å². The van der Waals surface area contributed by atoms with E-state index in [1.165, 1.54) is 0 Å². The molecule has 0 unspecified atom stereocenters. The lowest BCUT2D eigenvalue weighted by Gasteiger charge is -2.23. The summed E-state index contributed by atoms with van der Waals surface area (Å²) >= 11 is 0. The fourth-order valence-corrected chi connectivity index (χ4v) is 1.92. The number of ether oxygens (including phenoxy) is 1. The number of nitrogens with two attached hydrogens (primary N) is 1. The molecule has 100 valence electrons. The molecule has 2 N–H and O–H groups in total. The highest BCUT2D eigenvalue weighted by atomic mass is 16.5. The van der Waals surface area contributed by atoms with Gasteiger partial charge in [0.2, 0.25) is 0 Å². The molecule has 1 aromatic rings. The zero-order valence-electron chi connectivity index (χ0n) is 11.6. The smallest absolute Gasteiger partial charge is 0.340 e. The Balaban J connectivity index is 3.01. The summed E-state index contributed by atoms with van der Waals surface area (Å²) in [6, 6.07) is 5.44. The summed E-state index contributed by atoms with van der Waals surface area (Å²) in [6.07, 6.45) is 0. The molecule has 1 rings (SSSR count). The highest BCUT2D eigenvalue weighted by molar-refractivity contribution is 5.98. The SMILES string of the molecule is CCOC(=O)c1cccc(N(C)CC(C)C)c1N. The average Bonchev–Trinajstić information content (AvgIpc) is 2.28. The molecule has 0 saturated heterocycles. The number of rotatable bonds is 5. The van der Waals surface area contributed by atoms with Gasteiger partial charge in [0.25, 0.3) is 0 Å². The van der Waals surface area contributed by atoms with Crippen molar-refractivity contribution in [2.24, 2.45) is 5.92 Å². The average molecular weight is 250 g/mol. The predicted molar refractivity (Wildman–Crippen MR) is 74.9 cm³/mol. The van der Waals surface area contributed by atoms with Gasteiger partial charge in [-0.2, -0.15) is 0 Å². The highest BCUT2D eigenvalue weighted by Gasteiger charge is 2.15. The lowest BCUT2D eigenvalue weighted by Crippen LogP contribution is -2.24. The van der Waals surface area contributed by atoms with Crippen LogP contribution in [-0.4, -0.2) is 26.2 Å². The Morgan fingerprint density at radius 2 is 2.11 bits per heavy atom. The summed E-state index contributed by atoms with van der Waals surface area (Å²) in [5, 5.41) is 0. The number of nitrogen functional groups attached to an aromatic ring is 1. The molecule has 0 spiro atoms. The molecule has 0 heterocycles. The minimum absolute atomic E-state index is 0.352. The highest BCUT2D eigenvalue weighted by Crippen LogP contribution is 2.26. The van der Waals surface area contributed by atoms with Crippen LogP contribution in [0.4, 0.5) is 11.4 Å². The summed E-state index contributed by atoms with van der Waals surface area (Å²) in [6.45, 7) is 7.30. The van der Waals surface area contributed by atoms with Crippen LogP contribution in [0.1, 0.15) is 31.1 Å². The van der Waals surface area contributed by atoms with Gasteiger partial charge in [0.05, 0.1) is 23.5 Å². The number of carbonyl (C=O) groups excluding carboxylic acids is 1. The summed E-state index contributed by atoms with van der Waals surface area (Å²) in [7, 11) is 1.97. The number of hydrogen-bond donors (Lipinski definition) is 1. The fourth-order valence-electron chi connectivity index (χ4n) is 1.92. The molecule has 0 aliphatic rings. The number of para-hydroxylation sites is 1. The summed E-state index contributed by atoms with van der Waals surface area (Å²) in [5.74, 6) is 0.162. The topological polar surface area (TPSA) is 55.6 Å². The van der Waals surface area contributed by atoms with Gasteiger partial charge >= 0.3 is 5.97 Å². The van der Waals surface area contributed by atoms with Crippen LogP contribution in [0.25, 0.3) is 0 Å². The van der Waals surface area contributed by atoms with Crippen molar-refractivity contribution < 1.29 is 9.53 Å². The normalized spacial score (nSPS) is 10.5. The quantitative estimate of drug-likeness (QED) is 0.644. The largest absolute Gasteiger partial charge is 0.462 e. The number of carbonyl (C=O) groups is 1. The Hall–Kier alpha value is -1.71. The Labute approximate surface area is 109 Å². The number of nitrogens with zero attached hydrogens (tertiary/aromatic N) is 1. The van der Waals surface area contributed by atoms with Crippen LogP contribution in [0.3, 0.4) is 0 Å². The number of benzene rings is 1. The first kappa shape index (κ1) is 14.4. The third kappa shape index (κ3) is 3.39. The standard InChI is InChI=1S/C14H22N2O2/c1-5-18-14(17)11-7-6-8-12(13(11)15)16(4)9-10(2)3/h6-8,10H,5,9,15H2,1-4H3. The van der Waals surface area contributed by atoms with Crippen molar-refractivity contribution in [1.82, 2.24) is 0 Å². The summed E-state index contributed by atoms with van der Waals surface area (Å²) in [4.78, 5) is 13.8. The van der Waals surface area contributed by atoms with Crippen LogP contribution in [0.5, 0.6) is 0 Å². The van der Waals surface area contributed by atoms with E-state index in [-0.39, 0.29) is 5.97 Å². The van der Waals surface area contributed by atoms with Crippen molar-refractivity contribution in [3.05, 3.63) is 23.8 Å². The number of hydrogen-bond acceptors (Lipinski definition) is 4. The second kappa shape index (κ2) is 6.28. The zero-order valence-corrected chi connectivity index (χ0v) is 11.6. The van der Waals surface area contributed by atoms with Gasteiger partial charge in [-0.25, -0.2) is 4.79 Å². The summed E-state index contributed by atoms with van der Waals surface area (Å²) < 4.78 is 4.99. The second-order valence-electron chi connectivity index (χ2n) is 4.73. The maximum absolute atomic E-state index is 11.7. The minimum Gasteiger partial charge on any atom is -0.462 e. The van der Waals surface area contributed by atoms with Crippen molar-refractivity contribution in [3.8, 4) is 0 Å². The molecular formula is C14H22N2O2. The molecule has 0 bridgehead atoms. The van der Waals surface area contributed by atoms with Gasteiger partial charge in [-0.1, -0.05) is 19.9 Å². The molecule has 4 nitrogen and oxygen atoms in total. The van der Waals surface area contributed by atoms with Gasteiger partial charge in [0.15, 0.2) is 0 Å². The molecule has 0 saturated carbocycles. The van der Waals surface area contributed by atoms with E-state index >= 15 is 0 Å². The van der Waals surface area contributed by atoms with E-state index in [2.05, 4.69) is 18.7 Å². The first-order valence-corrected chi connectivity index (χ1v) is 6.24. The van der Waals surface area contributed by atoms with Crippen molar-refractivity contribution in [2.75, 3.05) is 30.8 Å². The van der Waals surface area contributed by atoms with E-state index in [9.17, 15) is 4.79 Å². The van der Waals surface area contributed by atoms with Gasteiger partial charge in [-0.15, -0.1) is 0 Å². The van der Waals surface area contributed by atoms with Crippen molar-refractivity contribution in [3.63, 3.8) is 0 Å². The van der Waals surface area contributed by atoms with Crippen LogP contribution in [0.15, 0.2) is 18.2 Å². The third-order valence-corrected chi connectivity index (χ3v) is 2.63. The molecule has 1 aromatic carbocycles. The summed E-state index contributed by atoms with van der Waals surface area (Å²) in [5.41, 5.74) is 7.84. The zero-order chi connectivity index (χ0) is 13.7. The van der Waals surface area contributed by atoms with Crippen LogP contribution in [0, 0.1) is 5.92 Å². The lowest BCUT2D eigenvalue weighted by atomic mass is 10.1. The molecule has 0 radical (unpaired) electrons. The van der Waals surface area contributed by atoms with E-state index in [4.69, 9.17) is 10.5 Å². The molecule has 0 amide bonds. The monoisotopic (exact) mass is 250 g/mol. The van der Waals surface area contributed by atoms with Crippen LogP contribution < -0.4 is 10.6 Å². The van der Waals surface area contributed by atoms with Crippen molar-refractivity contribution >= 4 is 17.3 Å². The second-order valence-corrected chi connectivity index (χ2v) is 4.73. The van der Waals surface area contributed by atoms with Gasteiger partial charge in [0, 0.05) is 13.6 Å². The Morgan fingerprint density at radius 1 is 1.44 bits per heavy atom. The Bertz CT molecular complexity index is 416. The van der Waals surface area contributed by atoms with Crippen LogP contribution >= 0.6 is 0 Å². The maximum atomic E-state index is 11.7. The first-order chi connectivity index (χ1) is 8.47. The van der Waals surface area contributed by atoms with E-state index in [1.807, 2.05) is 19.2 Å². The van der Waals surface area contributed by atoms with Crippen LogP contribution in [0.2, 0.25) is 0 Å². The van der Waals surface area contributed by atoms with Gasteiger partial charge in [-0.3, -0.25) is 0 Å².